The summed E-state index contributed by atoms with van der Waals surface area (Å²) in [5.41, 5.74) is 0.539. The van der Waals surface area contributed by atoms with E-state index in [1.807, 2.05) is 0 Å². The highest BCUT2D eigenvalue weighted by atomic mass is 19.3. The normalized spacial score (nSPS) is 12.4. The average molecular weight is 354 g/mol. The number of halogens is 2. The molecular formula is C16H16F2N2O5. The van der Waals surface area contributed by atoms with Crippen molar-refractivity contribution in [2.24, 2.45) is 0 Å². The zero-order valence-corrected chi connectivity index (χ0v) is 13.7. The van der Waals surface area contributed by atoms with E-state index in [1.165, 1.54) is 37.5 Å². The second-order valence-corrected chi connectivity index (χ2v) is 4.88. The van der Waals surface area contributed by atoms with Gasteiger partial charge in [-0.05, 0) is 37.6 Å². The van der Waals surface area contributed by atoms with Crippen LogP contribution in [0.2, 0.25) is 0 Å². The molecule has 0 aliphatic rings. The van der Waals surface area contributed by atoms with Crippen LogP contribution in [0.1, 0.15) is 30.3 Å². The summed E-state index contributed by atoms with van der Waals surface area (Å²) in [4.78, 5) is 15.8. The third-order valence-corrected chi connectivity index (χ3v) is 3.00. The molecule has 0 saturated heterocycles. The van der Waals surface area contributed by atoms with Crippen molar-refractivity contribution in [1.29, 1.82) is 0 Å². The van der Waals surface area contributed by atoms with Gasteiger partial charge in [-0.15, -0.1) is 0 Å². The molecular weight excluding hydrogens is 338 g/mol. The van der Waals surface area contributed by atoms with Gasteiger partial charge in [0.25, 0.3) is 5.89 Å². The van der Waals surface area contributed by atoms with Crippen LogP contribution in [0.25, 0.3) is 6.08 Å². The summed E-state index contributed by atoms with van der Waals surface area (Å²) in [6.07, 6.45) is 1.93. The van der Waals surface area contributed by atoms with Crippen LogP contribution in [0.15, 0.2) is 28.8 Å². The summed E-state index contributed by atoms with van der Waals surface area (Å²) in [5.74, 6) is 0.0134. The van der Waals surface area contributed by atoms with Gasteiger partial charge >= 0.3 is 12.6 Å². The van der Waals surface area contributed by atoms with E-state index in [4.69, 9.17) is 14.0 Å². The van der Waals surface area contributed by atoms with Crippen molar-refractivity contribution < 1.29 is 32.3 Å². The first kappa shape index (κ1) is 18.4. The number of aryl methyl sites for hydroxylation is 1. The molecule has 1 atom stereocenters. The Bertz CT molecular complexity index is 761. The fourth-order valence-electron chi connectivity index (χ4n) is 1.89. The molecule has 134 valence electrons. The van der Waals surface area contributed by atoms with Crippen LogP contribution in [0.4, 0.5) is 8.78 Å². The van der Waals surface area contributed by atoms with Gasteiger partial charge in [0, 0.05) is 6.08 Å². The Morgan fingerprint density at radius 3 is 2.68 bits per heavy atom. The Kier molecular flexibility index (Phi) is 6.04. The molecule has 2 rings (SSSR count). The lowest BCUT2D eigenvalue weighted by atomic mass is 10.2. The minimum atomic E-state index is -2.96. The number of esters is 1. The van der Waals surface area contributed by atoms with Gasteiger partial charge in [-0.25, -0.2) is 4.79 Å². The van der Waals surface area contributed by atoms with Gasteiger partial charge in [0.05, 0.1) is 7.11 Å². The molecule has 25 heavy (non-hydrogen) atoms. The lowest BCUT2D eigenvalue weighted by molar-refractivity contribution is -0.143. The number of hydrogen-bond donors (Lipinski definition) is 0. The van der Waals surface area contributed by atoms with E-state index in [0.717, 1.165) is 0 Å². The Morgan fingerprint density at radius 1 is 1.32 bits per heavy atom. The number of aromatic nitrogens is 2. The molecule has 1 aromatic heterocycles. The number of carbonyl (C=O) groups excluding carboxylic acids is 1. The van der Waals surface area contributed by atoms with E-state index < -0.39 is 18.7 Å². The number of alkyl halides is 2. The number of hydrogen-bond acceptors (Lipinski definition) is 7. The zero-order valence-electron chi connectivity index (χ0n) is 13.7. The van der Waals surface area contributed by atoms with E-state index in [9.17, 15) is 13.6 Å². The summed E-state index contributed by atoms with van der Waals surface area (Å²) in [7, 11) is 1.32. The minimum absolute atomic E-state index is 0.0994. The average Bonchev–Trinajstić information content (AvgIpc) is 3.00. The maximum absolute atomic E-state index is 12.3. The fourth-order valence-corrected chi connectivity index (χ4v) is 1.89. The highest BCUT2D eigenvalue weighted by Crippen LogP contribution is 2.29. The largest absolute Gasteiger partial charge is 0.493 e. The SMILES string of the molecule is COc1cc(/C=C/C(=O)OC(C)c2nc(C)no2)ccc1OC(F)F. The number of benzene rings is 1. The molecule has 0 amide bonds. The van der Waals surface area contributed by atoms with E-state index in [1.54, 1.807) is 13.8 Å². The van der Waals surface area contributed by atoms with Crippen LogP contribution in [0.5, 0.6) is 11.5 Å². The van der Waals surface area contributed by atoms with Crippen molar-refractivity contribution >= 4 is 12.0 Å². The second kappa shape index (κ2) is 8.22. The van der Waals surface area contributed by atoms with Crippen molar-refractivity contribution in [2.45, 2.75) is 26.6 Å². The van der Waals surface area contributed by atoms with Gasteiger partial charge in [-0.3, -0.25) is 0 Å². The minimum Gasteiger partial charge on any atom is -0.493 e. The number of methoxy groups -OCH3 is 1. The van der Waals surface area contributed by atoms with E-state index >= 15 is 0 Å². The molecule has 0 aliphatic heterocycles. The molecule has 0 fully saturated rings. The van der Waals surface area contributed by atoms with Gasteiger partial charge in [0.2, 0.25) is 0 Å². The van der Waals surface area contributed by atoms with E-state index in [2.05, 4.69) is 14.9 Å². The molecule has 0 bridgehead atoms. The molecule has 1 unspecified atom stereocenters. The second-order valence-electron chi connectivity index (χ2n) is 4.88. The van der Waals surface area contributed by atoms with E-state index in [-0.39, 0.29) is 17.4 Å². The maximum atomic E-state index is 12.3. The number of rotatable bonds is 7. The van der Waals surface area contributed by atoms with Crippen LogP contribution in [0.3, 0.4) is 0 Å². The van der Waals surface area contributed by atoms with Crippen molar-refractivity contribution in [3.8, 4) is 11.5 Å². The predicted molar refractivity (Wildman–Crippen MR) is 82.2 cm³/mol. The monoisotopic (exact) mass is 354 g/mol. The molecule has 0 N–H and O–H groups in total. The Hall–Kier alpha value is -2.97. The Labute approximate surface area is 142 Å². The first-order valence-corrected chi connectivity index (χ1v) is 7.20. The van der Waals surface area contributed by atoms with Gasteiger partial charge < -0.3 is 18.7 Å². The molecule has 0 spiro atoms. The van der Waals surface area contributed by atoms with Gasteiger partial charge in [-0.2, -0.15) is 13.8 Å². The molecule has 1 aromatic carbocycles. The summed E-state index contributed by atoms with van der Waals surface area (Å²) in [6, 6.07) is 4.26. The Balaban J connectivity index is 2.01. The third-order valence-electron chi connectivity index (χ3n) is 3.00. The number of carbonyl (C=O) groups is 1. The van der Waals surface area contributed by atoms with Gasteiger partial charge in [0.15, 0.2) is 23.4 Å². The van der Waals surface area contributed by atoms with Crippen molar-refractivity contribution in [3.63, 3.8) is 0 Å². The molecule has 9 heteroatoms. The van der Waals surface area contributed by atoms with Gasteiger partial charge in [0.1, 0.15) is 0 Å². The van der Waals surface area contributed by atoms with Crippen LogP contribution >= 0.6 is 0 Å². The smallest absolute Gasteiger partial charge is 0.387 e. The first-order valence-electron chi connectivity index (χ1n) is 7.20. The molecule has 0 radical (unpaired) electrons. The van der Waals surface area contributed by atoms with Crippen molar-refractivity contribution in [1.82, 2.24) is 10.1 Å². The lowest BCUT2D eigenvalue weighted by Gasteiger charge is -2.10. The molecule has 1 heterocycles. The van der Waals surface area contributed by atoms with Gasteiger partial charge in [-0.1, -0.05) is 11.2 Å². The fraction of sp³-hybridized carbons (Fsp3) is 0.312. The van der Waals surface area contributed by atoms with Crippen LogP contribution < -0.4 is 9.47 Å². The van der Waals surface area contributed by atoms with Crippen LogP contribution in [-0.4, -0.2) is 29.8 Å². The number of nitrogens with zero attached hydrogens (tertiary/aromatic N) is 2. The van der Waals surface area contributed by atoms with Crippen LogP contribution in [-0.2, 0) is 9.53 Å². The van der Waals surface area contributed by atoms with Crippen LogP contribution in [0, 0.1) is 6.92 Å². The summed E-state index contributed by atoms with van der Waals surface area (Å²) in [5, 5.41) is 3.61. The molecule has 7 nitrogen and oxygen atoms in total. The topological polar surface area (TPSA) is 83.7 Å². The molecule has 0 aliphatic carbocycles. The van der Waals surface area contributed by atoms with Crippen molar-refractivity contribution in [3.05, 3.63) is 41.6 Å². The zero-order chi connectivity index (χ0) is 18.4. The molecule has 0 saturated carbocycles. The standard InChI is InChI=1S/C16H16F2N2O5/c1-9(15-19-10(2)20-25-15)23-14(21)7-5-11-4-6-12(24-16(17)18)13(8-11)22-3/h4-9,16H,1-3H3/b7-5+. The van der Waals surface area contributed by atoms with E-state index in [0.29, 0.717) is 11.4 Å². The Morgan fingerprint density at radius 2 is 2.08 bits per heavy atom. The summed E-state index contributed by atoms with van der Waals surface area (Å²) in [6.45, 7) is 0.286. The quantitative estimate of drug-likeness (QED) is 0.557. The lowest BCUT2D eigenvalue weighted by Crippen LogP contribution is -2.06. The maximum Gasteiger partial charge on any atom is 0.387 e. The number of ether oxygens (including phenoxy) is 3. The van der Waals surface area contributed by atoms with Crippen molar-refractivity contribution in [2.75, 3.05) is 7.11 Å². The summed E-state index contributed by atoms with van der Waals surface area (Å²) < 4.78 is 43.9. The predicted octanol–water partition coefficient (Wildman–Crippen LogP) is 3.31. The first-order chi connectivity index (χ1) is 11.9. The highest BCUT2D eigenvalue weighted by molar-refractivity contribution is 5.87. The third kappa shape index (κ3) is 5.27. The highest BCUT2D eigenvalue weighted by Gasteiger charge is 2.16. The summed E-state index contributed by atoms with van der Waals surface area (Å²) >= 11 is 0. The molecule has 2 aromatic rings.